The van der Waals surface area contributed by atoms with Gasteiger partial charge < -0.3 is 14.4 Å². The Kier molecular flexibility index (Phi) is 5.82. The molecule has 1 atom stereocenters. The Balaban J connectivity index is 3.08. The molecule has 0 saturated heterocycles. The number of ether oxygens (including phenoxy) is 1. The van der Waals surface area contributed by atoms with Gasteiger partial charge in [0.2, 0.25) is 0 Å². The van der Waals surface area contributed by atoms with E-state index in [1.165, 1.54) is 7.11 Å². The number of aryl methyl sites for hydroxylation is 1. The van der Waals surface area contributed by atoms with Crippen molar-refractivity contribution in [3.05, 3.63) is 23.3 Å². The summed E-state index contributed by atoms with van der Waals surface area (Å²) in [6, 6.07) is 3.30. The summed E-state index contributed by atoms with van der Waals surface area (Å²) in [7, 11) is -2.80. The highest BCUT2D eigenvalue weighted by Gasteiger charge is 2.26. The highest BCUT2D eigenvalue weighted by Crippen LogP contribution is 2.48. The van der Waals surface area contributed by atoms with E-state index in [9.17, 15) is 14.6 Å². The molecule has 6 nitrogen and oxygen atoms in total. The summed E-state index contributed by atoms with van der Waals surface area (Å²) in [5.41, 5.74) is 1.21. The maximum Gasteiger partial charge on any atom is 0.527 e. The van der Waals surface area contributed by atoms with Crippen LogP contribution < -0.4 is 9.26 Å². The molecule has 0 heterocycles. The maximum absolute atomic E-state index is 11.7. The summed E-state index contributed by atoms with van der Waals surface area (Å²) in [6.07, 6.45) is 0.589. The molecule has 1 rings (SSSR count). The number of hydrogen-bond acceptors (Lipinski definition) is 5. The lowest BCUT2D eigenvalue weighted by Crippen LogP contribution is -2.03. The number of aliphatic hydroxyl groups is 1. The lowest BCUT2D eigenvalue weighted by Gasteiger charge is -2.17. The van der Waals surface area contributed by atoms with E-state index in [-0.39, 0.29) is 24.7 Å². The summed E-state index contributed by atoms with van der Waals surface area (Å²) in [6.45, 7) is 3.40. The first-order valence-corrected chi connectivity index (χ1v) is 7.38. The van der Waals surface area contributed by atoms with Crippen molar-refractivity contribution in [3.8, 4) is 11.5 Å². The second kappa shape index (κ2) is 6.91. The van der Waals surface area contributed by atoms with Crippen molar-refractivity contribution in [2.75, 3.05) is 13.7 Å². The molecule has 1 aromatic rings. The van der Waals surface area contributed by atoms with Gasteiger partial charge in [0.25, 0.3) is 0 Å². The summed E-state index contributed by atoms with van der Waals surface area (Å²) in [4.78, 5) is 9.58. The molecule has 0 aromatic heterocycles. The van der Waals surface area contributed by atoms with E-state index in [0.29, 0.717) is 12.0 Å². The number of benzene rings is 1. The van der Waals surface area contributed by atoms with Crippen LogP contribution in [0.5, 0.6) is 11.5 Å². The minimum atomic E-state index is -4.22. The average molecular weight is 290 g/mol. The summed E-state index contributed by atoms with van der Waals surface area (Å²) < 4.78 is 26.6. The predicted molar refractivity (Wildman–Crippen MR) is 70.4 cm³/mol. The van der Waals surface area contributed by atoms with E-state index < -0.39 is 7.82 Å². The van der Waals surface area contributed by atoms with Crippen LogP contribution in [-0.4, -0.2) is 23.7 Å². The van der Waals surface area contributed by atoms with E-state index in [2.05, 4.69) is 0 Å². The Morgan fingerprint density at radius 2 is 2.05 bits per heavy atom. The van der Waals surface area contributed by atoms with Gasteiger partial charge in [-0.1, -0.05) is 6.92 Å². The molecule has 0 amide bonds. The van der Waals surface area contributed by atoms with Crippen LogP contribution >= 0.6 is 7.82 Å². The molecule has 2 N–H and O–H groups in total. The third kappa shape index (κ3) is 4.51. The molecule has 0 aliphatic rings. The number of phosphoric ester groups is 1. The van der Waals surface area contributed by atoms with Gasteiger partial charge in [-0.2, -0.15) is 0 Å². The molecule has 0 aliphatic heterocycles. The van der Waals surface area contributed by atoms with Gasteiger partial charge in [0.15, 0.2) is 11.5 Å². The van der Waals surface area contributed by atoms with E-state index in [0.717, 1.165) is 5.56 Å². The summed E-state index contributed by atoms with van der Waals surface area (Å²) in [5, 5.41) is 9.29. The van der Waals surface area contributed by atoms with Crippen LogP contribution in [-0.2, 0) is 15.7 Å². The smallest absolute Gasteiger partial charge is 0.493 e. The van der Waals surface area contributed by atoms with Crippen molar-refractivity contribution in [1.82, 2.24) is 0 Å². The highest BCUT2D eigenvalue weighted by molar-refractivity contribution is 7.47. The van der Waals surface area contributed by atoms with Crippen molar-refractivity contribution in [2.45, 2.75) is 26.9 Å². The Morgan fingerprint density at radius 1 is 1.37 bits per heavy atom. The fourth-order valence-corrected chi connectivity index (χ4v) is 2.44. The van der Waals surface area contributed by atoms with Gasteiger partial charge in [0.1, 0.15) is 0 Å². The van der Waals surface area contributed by atoms with Gasteiger partial charge in [0.05, 0.1) is 20.3 Å². The second-order valence-corrected chi connectivity index (χ2v) is 5.38. The zero-order chi connectivity index (χ0) is 14.5. The minimum absolute atomic E-state index is 0.0255. The molecule has 19 heavy (non-hydrogen) atoms. The third-order valence-corrected chi connectivity index (χ3v) is 3.25. The molecule has 108 valence electrons. The van der Waals surface area contributed by atoms with Crippen LogP contribution in [0.15, 0.2) is 12.1 Å². The molecule has 0 fully saturated rings. The van der Waals surface area contributed by atoms with Crippen LogP contribution in [0.25, 0.3) is 0 Å². The normalized spacial score (nSPS) is 13.9. The van der Waals surface area contributed by atoms with Gasteiger partial charge in [-0.25, -0.2) is 4.57 Å². The first-order valence-electron chi connectivity index (χ1n) is 5.88. The fraction of sp³-hybridized carbons (Fsp3) is 0.500. The number of phosphoric acid groups is 1. The number of methoxy groups -OCH3 is 1. The van der Waals surface area contributed by atoms with Crippen molar-refractivity contribution < 1.29 is 28.3 Å². The van der Waals surface area contributed by atoms with E-state index >= 15 is 0 Å². The largest absolute Gasteiger partial charge is 0.527 e. The Labute approximate surface area is 112 Å². The Hall–Kier alpha value is -1.07. The molecule has 1 unspecified atom stereocenters. The first kappa shape index (κ1) is 16.0. The van der Waals surface area contributed by atoms with Crippen LogP contribution in [0.3, 0.4) is 0 Å². The molecule has 0 bridgehead atoms. The van der Waals surface area contributed by atoms with Gasteiger partial charge in [-0.15, -0.1) is 0 Å². The molecular weight excluding hydrogens is 271 g/mol. The molecular formula is C12H19O6P. The van der Waals surface area contributed by atoms with Gasteiger partial charge >= 0.3 is 7.82 Å². The maximum atomic E-state index is 11.7. The van der Waals surface area contributed by atoms with E-state index in [4.69, 9.17) is 13.8 Å². The van der Waals surface area contributed by atoms with Crippen LogP contribution in [0.1, 0.15) is 24.5 Å². The van der Waals surface area contributed by atoms with Gasteiger partial charge in [-0.3, -0.25) is 9.42 Å². The Bertz CT molecular complexity index is 448. The van der Waals surface area contributed by atoms with Crippen molar-refractivity contribution in [3.63, 3.8) is 0 Å². The van der Waals surface area contributed by atoms with Crippen molar-refractivity contribution in [2.24, 2.45) is 0 Å². The lowest BCUT2D eigenvalue weighted by molar-refractivity contribution is 0.198. The molecule has 0 spiro atoms. The number of rotatable bonds is 7. The monoisotopic (exact) mass is 290 g/mol. The van der Waals surface area contributed by atoms with Crippen molar-refractivity contribution in [1.29, 1.82) is 0 Å². The molecule has 0 radical (unpaired) electrons. The summed E-state index contributed by atoms with van der Waals surface area (Å²) >= 11 is 0. The number of aliphatic hydroxyl groups excluding tert-OH is 1. The van der Waals surface area contributed by atoms with Crippen LogP contribution in [0, 0.1) is 6.92 Å². The zero-order valence-electron chi connectivity index (χ0n) is 11.3. The zero-order valence-corrected chi connectivity index (χ0v) is 12.1. The molecule has 0 aliphatic carbocycles. The van der Waals surface area contributed by atoms with Crippen LogP contribution in [0.2, 0.25) is 0 Å². The minimum Gasteiger partial charge on any atom is -0.493 e. The van der Waals surface area contributed by atoms with E-state index in [1.54, 1.807) is 12.1 Å². The average Bonchev–Trinajstić information content (AvgIpc) is 2.37. The Morgan fingerprint density at radius 3 is 2.58 bits per heavy atom. The lowest BCUT2D eigenvalue weighted by atomic mass is 10.1. The first-order chi connectivity index (χ1) is 8.93. The summed E-state index contributed by atoms with van der Waals surface area (Å²) in [5.74, 6) is 0.302. The quantitative estimate of drug-likeness (QED) is 0.750. The molecule has 1 aromatic carbocycles. The fourth-order valence-electron chi connectivity index (χ4n) is 1.53. The van der Waals surface area contributed by atoms with E-state index in [1.807, 2.05) is 13.8 Å². The third-order valence-electron chi connectivity index (χ3n) is 2.33. The van der Waals surface area contributed by atoms with Crippen LogP contribution in [0.4, 0.5) is 0 Å². The molecule has 7 heteroatoms. The SMILES string of the molecule is CCCOP(=O)(O)Oc1c(CO)cc(C)cc1OC. The predicted octanol–water partition coefficient (Wildman–Crippen LogP) is 2.40. The highest BCUT2D eigenvalue weighted by atomic mass is 31.2. The molecule has 0 saturated carbocycles. The topological polar surface area (TPSA) is 85.2 Å². The van der Waals surface area contributed by atoms with Gasteiger partial charge in [-0.05, 0) is 31.0 Å². The standard InChI is InChI=1S/C12H19O6P/c1-4-5-17-19(14,15)18-12-10(8-13)6-9(2)7-11(12)16-3/h6-7,13H,4-5,8H2,1-3H3,(H,14,15). The second-order valence-electron chi connectivity index (χ2n) is 4.01. The van der Waals surface area contributed by atoms with Crippen molar-refractivity contribution >= 4 is 7.82 Å². The van der Waals surface area contributed by atoms with Gasteiger partial charge in [0, 0.05) is 5.56 Å². The number of hydrogen-bond donors (Lipinski definition) is 2.